The van der Waals surface area contributed by atoms with E-state index in [0.29, 0.717) is 6.04 Å². The van der Waals surface area contributed by atoms with Gasteiger partial charge < -0.3 is 5.32 Å². The van der Waals surface area contributed by atoms with Crippen LogP contribution in [0.2, 0.25) is 0 Å². The Morgan fingerprint density at radius 3 is 3.08 bits per heavy atom. The maximum atomic E-state index is 5.56. The van der Waals surface area contributed by atoms with Gasteiger partial charge in [0, 0.05) is 13.1 Å². The number of nitrogens with one attached hydrogen (secondary N) is 1. The third-order valence-electron chi connectivity index (χ3n) is 2.98. The summed E-state index contributed by atoms with van der Waals surface area (Å²) in [6.07, 6.45) is 2.46. The molecular weight excluding hydrogens is 152 g/mol. The van der Waals surface area contributed by atoms with Gasteiger partial charge in [-0.1, -0.05) is 13.3 Å². The minimum absolute atomic E-state index is 0.637. The number of nitrogens with zero attached hydrogens (tertiary/aromatic N) is 1. The Morgan fingerprint density at radius 2 is 2.42 bits per heavy atom. The van der Waals surface area contributed by atoms with Gasteiger partial charge in [0.15, 0.2) is 0 Å². The first-order chi connectivity index (χ1) is 5.92. The van der Waals surface area contributed by atoms with Gasteiger partial charge in [-0.2, -0.15) is 5.06 Å². The second-order valence-electron chi connectivity index (χ2n) is 3.72. The van der Waals surface area contributed by atoms with Crippen LogP contribution < -0.4 is 5.32 Å². The van der Waals surface area contributed by atoms with Crippen LogP contribution in [0.1, 0.15) is 19.8 Å². The van der Waals surface area contributed by atoms with Crippen LogP contribution >= 0.6 is 0 Å². The van der Waals surface area contributed by atoms with E-state index in [2.05, 4.69) is 17.3 Å². The zero-order chi connectivity index (χ0) is 8.39. The number of hydrogen-bond donors (Lipinski definition) is 1. The summed E-state index contributed by atoms with van der Waals surface area (Å²) in [4.78, 5) is 5.56. The molecule has 0 saturated carbocycles. The van der Waals surface area contributed by atoms with Gasteiger partial charge in [0.25, 0.3) is 0 Å². The van der Waals surface area contributed by atoms with Crippen LogP contribution in [0.15, 0.2) is 0 Å². The van der Waals surface area contributed by atoms with Gasteiger partial charge in [0.2, 0.25) is 0 Å². The number of hydroxylamine groups is 2. The molecular formula is C9H18N2O. The lowest BCUT2D eigenvalue weighted by atomic mass is 10.0. The summed E-state index contributed by atoms with van der Waals surface area (Å²) in [7, 11) is 0. The summed E-state index contributed by atoms with van der Waals surface area (Å²) >= 11 is 0. The fourth-order valence-electron chi connectivity index (χ4n) is 2.20. The molecule has 2 aliphatic heterocycles. The molecule has 3 nitrogen and oxygen atoms in total. The second-order valence-corrected chi connectivity index (χ2v) is 3.72. The first-order valence-electron chi connectivity index (χ1n) is 5.02. The smallest absolute Gasteiger partial charge is 0.0698 e. The summed E-state index contributed by atoms with van der Waals surface area (Å²) in [6.45, 7) is 6.59. The minimum atomic E-state index is 0.637. The van der Waals surface area contributed by atoms with Crippen molar-refractivity contribution >= 4 is 0 Å². The molecule has 0 spiro atoms. The quantitative estimate of drug-likeness (QED) is 0.657. The number of hydrogen-bond acceptors (Lipinski definition) is 3. The van der Waals surface area contributed by atoms with Crippen LogP contribution in [0, 0.1) is 5.92 Å². The van der Waals surface area contributed by atoms with E-state index in [4.69, 9.17) is 4.84 Å². The highest BCUT2D eigenvalue weighted by atomic mass is 16.7. The first-order valence-corrected chi connectivity index (χ1v) is 5.02. The summed E-state index contributed by atoms with van der Waals surface area (Å²) in [5.74, 6) is 0.795. The van der Waals surface area contributed by atoms with Crippen molar-refractivity contribution in [2.24, 2.45) is 5.92 Å². The predicted molar refractivity (Wildman–Crippen MR) is 47.7 cm³/mol. The maximum absolute atomic E-state index is 5.56. The largest absolute Gasteiger partial charge is 0.315 e. The van der Waals surface area contributed by atoms with E-state index in [1.54, 1.807) is 0 Å². The lowest BCUT2D eigenvalue weighted by Crippen LogP contribution is -2.37. The molecule has 2 aliphatic rings. The Kier molecular flexibility index (Phi) is 2.63. The fraction of sp³-hybridized carbons (Fsp3) is 1.00. The Morgan fingerprint density at radius 1 is 1.50 bits per heavy atom. The average Bonchev–Trinajstić information content (AvgIpc) is 2.74. The molecule has 1 N–H and O–H groups in total. The van der Waals surface area contributed by atoms with Gasteiger partial charge in [0.1, 0.15) is 0 Å². The van der Waals surface area contributed by atoms with E-state index >= 15 is 0 Å². The molecule has 2 fully saturated rings. The van der Waals surface area contributed by atoms with E-state index in [1.165, 1.54) is 19.4 Å². The molecule has 3 heteroatoms. The number of rotatable bonds is 2. The molecule has 2 heterocycles. The highest BCUT2D eigenvalue weighted by Crippen LogP contribution is 2.21. The maximum Gasteiger partial charge on any atom is 0.0698 e. The molecule has 0 radical (unpaired) electrons. The molecule has 0 amide bonds. The van der Waals surface area contributed by atoms with Crippen LogP contribution in [0.5, 0.6) is 0 Å². The fourth-order valence-corrected chi connectivity index (χ4v) is 2.20. The normalized spacial score (nSPS) is 37.8. The van der Waals surface area contributed by atoms with Crippen molar-refractivity contribution in [3.63, 3.8) is 0 Å². The standard InChI is InChI=1S/C9H18N2O/c1-2-8-6-10-7-9(8)11-4-3-5-12-11/h8-10H,2-7H2,1H3. The van der Waals surface area contributed by atoms with Crippen molar-refractivity contribution in [1.82, 2.24) is 10.4 Å². The summed E-state index contributed by atoms with van der Waals surface area (Å²) < 4.78 is 0. The molecule has 0 aromatic carbocycles. The van der Waals surface area contributed by atoms with Crippen LogP contribution in [-0.4, -0.2) is 37.3 Å². The van der Waals surface area contributed by atoms with Gasteiger partial charge in [0.05, 0.1) is 12.6 Å². The van der Waals surface area contributed by atoms with E-state index in [9.17, 15) is 0 Å². The zero-order valence-electron chi connectivity index (χ0n) is 7.75. The van der Waals surface area contributed by atoms with E-state index < -0.39 is 0 Å². The van der Waals surface area contributed by atoms with Gasteiger partial charge in [-0.3, -0.25) is 4.84 Å². The highest BCUT2D eigenvalue weighted by molar-refractivity contribution is 4.86. The lowest BCUT2D eigenvalue weighted by molar-refractivity contribution is -0.145. The Labute approximate surface area is 74.0 Å². The molecule has 70 valence electrons. The summed E-state index contributed by atoms with van der Waals surface area (Å²) in [5, 5.41) is 5.62. The van der Waals surface area contributed by atoms with Crippen molar-refractivity contribution < 1.29 is 4.84 Å². The average molecular weight is 170 g/mol. The first kappa shape index (κ1) is 8.48. The van der Waals surface area contributed by atoms with Crippen LogP contribution in [0.3, 0.4) is 0 Å². The Balaban J connectivity index is 1.92. The van der Waals surface area contributed by atoms with Crippen molar-refractivity contribution in [3.8, 4) is 0 Å². The van der Waals surface area contributed by atoms with Gasteiger partial charge in [-0.25, -0.2) is 0 Å². The van der Waals surface area contributed by atoms with Gasteiger partial charge in [-0.05, 0) is 18.9 Å². The second kappa shape index (κ2) is 3.73. The highest BCUT2D eigenvalue weighted by Gasteiger charge is 2.32. The SMILES string of the molecule is CCC1CNCC1N1CCCO1. The summed E-state index contributed by atoms with van der Waals surface area (Å²) in [5.41, 5.74) is 0. The van der Waals surface area contributed by atoms with E-state index in [1.807, 2.05) is 0 Å². The van der Waals surface area contributed by atoms with Gasteiger partial charge in [-0.15, -0.1) is 0 Å². The van der Waals surface area contributed by atoms with E-state index in [-0.39, 0.29) is 0 Å². The van der Waals surface area contributed by atoms with Crippen LogP contribution in [0.25, 0.3) is 0 Å². The molecule has 2 atom stereocenters. The molecule has 0 aromatic rings. The predicted octanol–water partition coefficient (Wildman–Crippen LogP) is 0.622. The molecule has 2 unspecified atom stereocenters. The van der Waals surface area contributed by atoms with Crippen molar-refractivity contribution in [2.45, 2.75) is 25.8 Å². The van der Waals surface area contributed by atoms with Gasteiger partial charge >= 0.3 is 0 Å². The molecule has 2 rings (SSSR count). The van der Waals surface area contributed by atoms with Crippen LogP contribution in [0.4, 0.5) is 0 Å². The van der Waals surface area contributed by atoms with Crippen molar-refractivity contribution in [3.05, 3.63) is 0 Å². The van der Waals surface area contributed by atoms with Crippen molar-refractivity contribution in [2.75, 3.05) is 26.2 Å². The lowest BCUT2D eigenvalue weighted by Gasteiger charge is -2.25. The molecule has 12 heavy (non-hydrogen) atoms. The zero-order valence-corrected chi connectivity index (χ0v) is 7.75. The third kappa shape index (κ3) is 1.49. The monoisotopic (exact) mass is 170 g/mol. The summed E-state index contributed by atoms with van der Waals surface area (Å²) in [6, 6.07) is 0.637. The third-order valence-corrected chi connectivity index (χ3v) is 2.98. The molecule has 0 aromatic heterocycles. The van der Waals surface area contributed by atoms with Crippen molar-refractivity contribution in [1.29, 1.82) is 0 Å². The van der Waals surface area contributed by atoms with E-state index in [0.717, 1.165) is 25.6 Å². The topological polar surface area (TPSA) is 24.5 Å². The minimum Gasteiger partial charge on any atom is -0.315 e. The Hall–Kier alpha value is -0.120. The molecule has 0 aliphatic carbocycles. The Bertz CT molecular complexity index is 145. The van der Waals surface area contributed by atoms with Crippen LogP contribution in [-0.2, 0) is 4.84 Å². The molecule has 0 bridgehead atoms. The molecule has 2 saturated heterocycles.